The van der Waals surface area contributed by atoms with E-state index in [1.54, 1.807) is 0 Å². The third kappa shape index (κ3) is 3.19. The highest BCUT2D eigenvalue weighted by Gasteiger charge is 2.61. The smallest absolute Gasteiger partial charge is 0.118 e. The molecular weight excluding hydrogens is 340 g/mol. The zero-order valence-corrected chi connectivity index (χ0v) is 16.2. The maximum absolute atomic E-state index is 13.2. The van der Waals surface area contributed by atoms with Gasteiger partial charge in [-0.3, -0.25) is 4.21 Å². The highest BCUT2D eigenvalue weighted by molar-refractivity contribution is 7.85. The zero-order valence-electron chi connectivity index (χ0n) is 15.4. The average molecular weight is 367 g/mol. The van der Waals surface area contributed by atoms with Gasteiger partial charge in [-0.05, 0) is 48.4 Å². The van der Waals surface area contributed by atoms with Gasteiger partial charge in [0.15, 0.2) is 0 Å². The molecule has 2 aromatic rings. The Labute approximate surface area is 158 Å². The lowest BCUT2D eigenvalue weighted by Gasteiger charge is -2.23. The third-order valence-electron chi connectivity index (χ3n) is 5.74. The van der Waals surface area contributed by atoms with Crippen LogP contribution in [0.15, 0.2) is 71.1 Å². The van der Waals surface area contributed by atoms with Crippen LogP contribution >= 0.6 is 0 Å². The van der Waals surface area contributed by atoms with Crippen molar-refractivity contribution < 1.29 is 8.95 Å². The first-order valence-corrected chi connectivity index (χ1v) is 10.7. The third-order valence-corrected chi connectivity index (χ3v) is 7.48. The van der Waals surface area contributed by atoms with Gasteiger partial charge in [0.1, 0.15) is 5.60 Å². The van der Waals surface area contributed by atoms with Gasteiger partial charge in [0.2, 0.25) is 0 Å². The van der Waals surface area contributed by atoms with E-state index in [1.165, 1.54) is 11.1 Å². The van der Waals surface area contributed by atoms with Crippen molar-refractivity contribution in [1.29, 1.82) is 0 Å². The predicted molar refractivity (Wildman–Crippen MR) is 107 cm³/mol. The van der Waals surface area contributed by atoms with E-state index in [0.29, 0.717) is 5.92 Å². The summed E-state index contributed by atoms with van der Waals surface area (Å²) in [6.45, 7) is 4.49. The number of fused-ring (bicyclic) bond motifs is 1. The summed E-state index contributed by atoms with van der Waals surface area (Å²) in [5, 5.41) is 0.152. The van der Waals surface area contributed by atoms with Gasteiger partial charge in [-0.15, -0.1) is 0 Å². The van der Waals surface area contributed by atoms with Gasteiger partial charge in [0.05, 0.1) is 16.9 Å². The highest BCUT2D eigenvalue weighted by atomic mass is 32.2. The van der Waals surface area contributed by atoms with Crippen LogP contribution in [0.3, 0.4) is 0 Å². The summed E-state index contributed by atoms with van der Waals surface area (Å²) in [7, 11) is -0.982. The van der Waals surface area contributed by atoms with Gasteiger partial charge < -0.3 is 4.74 Å². The molecule has 0 radical (unpaired) electrons. The first-order valence-electron chi connectivity index (χ1n) is 9.51. The van der Waals surface area contributed by atoms with Crippen molar-refractivity contribution in [2.24, 2.45) is 5.92 Å². The standard InChI is InChI=1S/C23H26O2S/c1-17(2)23-19(15-18-9-5-3-6-10-18)16-21(13-14-22(23)25-23)26(24)20-11-7-4-8-12-20/h3-12,15,17,21-22H,13-14,16H2,1-2H3/b19-15+/t21-,22-,23+,26?/m0/s1. The summed E-state index contributed by atoms with van der Waals surface area (Å²) >= 11 is 0. The van der Waals surface area contributed by atoms with Gasteiger partial charge in [-0.2, -0.15) is 0 Å². The van der Waals surface area contributed by atoms with Crippen LogP contribution in [0, 0.1) is 5.92 Å². The van der Waals surface area contributed by atoms with Crippen LogP contribution in [-0.4, -0.2) is 21.2 Å². The minimum absolute atomic E-state index is 0.152. The normalized spacial score (nSPS) is 30.7. The quantitative estimate of drug-likeness (QED) is 0.694. The molecule has 0 spiro atoms. The molecule has 2 fully saturated rings. The highest BCUT2D eigenvalue weighted by Crippen LogP contribution is 2.55. The lowest BCUT2D eigenvalue weighted by molar-refractivity contribution is 0.258. The summed E-state index contributed by atoms with van der Waals surface area (Å²) in [4.78, 5) is 0.937. The summed E-state index contributed by atoms with van der Waals surface area (Å²) in [5.74, 6) is 0.423. The number of ether oxygens (including phenoxy) is 1. The average Bonchev–Trinajstić information content (AvgIpc) is 3.42. The van der Waals surface area contributed by atoms with E-state index < -0.39 is 10.8 Å². The Bertz CT molecular complexity index is 813. The molecule has 1 saturated carbocycles. The minimum atomic E-state index is -0.982. The molecule has 1 saturated heterocycles. The Kier molecular flexibility index (Phi) is 4.85. The van der Waals surface area contributed by atoms with Gasteiger partial charge in [-0.25, -0.2) is 0 Å². The van der Waals surface area contributed by atoms with Crippen molar-refractivity contribution in [3.63, 3.8) is 0 Å². The van der Waals surface area contributed by atoms with Gasteiger partial charge in [0, 0.05) is 10.1 Å². The second kappa shape index (κ2) is 7.13. The van der Waals surface area contributed by atoms with E-state index in [4.69, 9.17) is 4.74 Å². The molecular formula is C23H26O2S. The van der Waals surface area contributed by atoms with Crippen molar-refractivity contribution >= 4 is 16.9 Å². The van der Waals surface area contributed by atoms with E-state index in [-0.39, 0.29) is 17.0 Å². The number of rotatable bonds is 4. The van der Waals surface area contributed by atoms with Crippen molar-refractivity contribution in [2.75, 3.05) is 0 Å². The molecule has 1 aliphatic heterocycles. The molecule has 26 heavy (non-hydrogen) atoms. The van der Waals surface area contributed by atoms with Crippen LogP contribution in [0.5, 0.6) is 0 Å². The predicted octanol–water partition coefficient (Wildman–Crippen LogP) is 5.22. The molecule has 2 aromatic carbocycles. The van der Waals surface area contributed by atoms with Crippen LogP contribution < -0.4 is 0 Å². The number of benzene rings is 2. The number of hydrogen-bond acceptors (Lipinski definition) is 2. The topological polar surface area (TPSA) is 29.6 Å². The molecule has 1 unspecified atom stereocenters. The fraction of sp³-hybridized carbons (Fsp3) is 0.391. The second-order valence-electron chi connectivity index (χ2n) is 7.65. The largest absolute Gasteiger partial charge is 0.361 e. The Morgan fingerprint density at radius 2 is 1.69 bits per heavy atom. The van der Waals surface area contributed by atoms with Crippen LogP contribution in [0.4, 0.5) is 0 Å². The first kappa shape index (κ1) is 17.7. The van der Waals surface area contributed by atoms with Crippen LogP contribution in [0.2, 0.25) is 0 Å². The Balaban J connectivity index is 1.68. The van der Waals surface area contributed by atoms with E-state index in [9.17, 15) is 4.21 Å². The lowest BCUT2D eigenvalue weighted by Crippen LogP contribution is -2.26. The second-order valence-corrected chi connectivity index (χ2v) is 9.38. The number of epoxide rings is 1. The monoisotopic (exact) mass is 366 g/mol. The van der Waals surface area contributed by atoms with E-state index in [0.717, 1.165) is 24.2 Å². The van der Waals surface area contributed by atoms with Gasteiger partial charge >= 0.3 is 0 Å². The fourth-order valence-corrected chi connectivity index (χ4v) is 5.82. The van der Waals surface area contributed by atoms with E-state index >= 15 is 0 Å². The van der Waals surface area contributed by atoms with Crippen molar-refractivity contribution in [3.8, 4) is 0 Å². The minimum Gasteiger partial charge on any atom is -0.361 e. The SMILES string of the molecule is CC(C)[C@]12O[C@H]1CC[C@H](S(=O)c1ccccc1)C/C2=C\c1ccccc1. The first-order chi connectivity index (χ1) is 12.6. The summed E-state index contributed by atoms with van der Waals surface area (Å²) in [6.07, 6.45) is 5.33. The Hall–Kier alpha value is -1.71. The lowest BCUT2D eigenvalue weighted by atomic mass is 9.83. The molecule has 136 valence electrons. The molecule has 2 nitrogen and oxygen atoms in total. The maximum atomic E-state index is 13.2. The molecule has 0 bridgehead atoms. The Morgan fingerprint density at radius 3 is 2.35 bits per heavy atom. The summed E-state index contributed by atoms with van der Waals surface area (Å²) in [6, 6.07) is 20.3. The zero-order chi connectivity index (χ0) is 18.1. The molecule has 0 N–H and O–H groups in total. The maximum Gasteiger partial charge on any atom is 0.118 e. The molecule has 2 aliphatic rings. The van der Waals surface area contributed by atoms with Gasteiger partial charge in [-0.1, -0.05) is 68.5 Å². The van der Waals surface area contributed by atoms with Crippen LogP contribution in [0.1, 0.15) is 38.7 Å². The molecule has 4 rings (SSSR count). The number of hydrogen-bond donors (Lipinski definition) is 0. The molecule has 1 heterocycles. The van der Waals surface area contributed by atoms with E-state index in [2.05, 4.69) is 44.2 Å². The summed E-state index contributed by atoms with van der Waals surface area (Å²) < 4.78 is 19.4. The van der Waals surface area contributed by atoms with E-state index in [1.807, 2.05) is 36.4 Å². The van der Waals surface area contributed by atoms with Crippen molar-refractivity contribution in [3.05, 3.63) is 71.8 Å². The molecule has 0 aromatic heterocycles. The molecule has 4 atom stereocenters. The van der Waals surface area contributed by atoms with Crippen LogP contribution in [0.25, 0.3) is 6.08 Å². The van der Waals surface area contributed by atoms with Gasteiger partial charge in [0.25, 0.3) is 0 Å². The van der Waals surface area contributed by atoms with Crippen LogP contribution in [-0.2, 0) is 15.5 Å². The molecule has 3 heteroatoms. The summed E-state index contributed by atoms with van der Waals surface area (Å²) in [5.41, 5.74) is 2.35. The van der Waals surface area contributed by atoms with Crippen molar-refractivity contribution in [1.82, 2.24) is 0 Å². The molecule has 1 aliphatic carbocycles. The molecule has 0 amide bonds. The fourth-order valence-electron chi connectivity index (χ4n) is 4.33. The Morgan fingerprint density at radius 1 is 1.04 bits per heavy atom. The van der Waals surface area contributed by atoms with Crippen molar-refractivity contribution in [2.45, 2.75) is 55.0 Å².